The molecule has 4 N–H and O–H groups in total. The molecule has 0 aliphatic carbocycles. The fourth-order valence-corrected chi connectivity index (χ4v) is 1.68. The van der Waals surface area contributed by atoms with E-state index in [1.165, 1.54) is 0 Å². The third-order valence-corrected chi connectivity index (χ3v) is 2.86. The molecule has 0 saturated heterocycles. The maximum Gasteiger partial charge on any atom is 0.220 e. The van der Waals surface area contributed by atoms with E-state index in [1.54, 1.807) is 0 Å². The number of hydrogen-bond acceptors (Lipinski definition) is 3. The first-order chi connectivity index (χ1) is 8.61. The number of nitrogen functional groups attached to an aromatic ring is 1. The summed E-state index contributed by atoms with van der Waals surface area (Å²) in [6, 6.07) is 7.56. The summed E-state index contributed by atoms with van der Waals surface area (Å²) in [5.41, 5.74) is 7.46. The molecule has 1 aromatic rings. The zero-order chi connectivity index (χ0) is 13.4. The highest BCUT2D eigenvalue weighted by molar-refractivity contribution is 5.76. The average molecular weight is 250 g/mol. The second kappa shape index (κ2) is 7.71. The van der Waals surface area contributed by atoms with Gasteiger partial charge >= 0.3 is 0 Å². The second-order valence-electron chi connectivity index (χ2n) is 4.45. The molecule has 0 fully saturated rings. The number of carbonyl (C=O) groups is 1. The Labute approximate surface area is 108 Å². The highest BCUT2D eigenvalue weighted by Crippen LogP contribution is 2.08. The highest BCUT2D eigenvalue weighted by atomic mass is 16.3. The van der Waals surface area contributed by atoms with Crippen LogP contribution in [-0.4, -0.2) is 23.7 Å². The number of amides is 1. The van der Waals surface area contributed by atoms with Crippen molar-refractivity contribution in [1.29, 1.82) is 0 Å². The van der Waals surface area contributed by atoms with Crippen LogP contribution in [-0.2, 0) is 11.2 Å². The first kappa shape index (κ1) is 14.5. The fourth-order valence-electron chi connectivity index (χ4n) is 1.68. The van der Waals surface area contributed by atoms with E-state index in [-0.39, 0.29) is 12.0 Å². The van der Waals surface area contributed by atoms with Crippen LogP contribution in [0.15, 0.2) is 24.3 Å². The van der Waals surface area contributed by atoms with Crippen LogP contribution in [0.25, 0.3) is 0 Å². The molecule has 0 aliphatic rings. The Hall–Kier alpha value is -1.55. The Morgan fingerprint density at radius 3 is 2.94 bits per heavy atom. The van der Waals surface area contributed by atoms with Crippen LogP contribution in [0.4, 0.5) is 5.69 Å². The molecule has 0 aromatic heterocycles. The van der Waals surface area contributed by atoms with Crippen LogP contribution in [0.5, 0.6) is 0 Å². The predicted octanol–water partition coefficient (Wildman–Crippen LogP) is 1.48. The molecule has 100 valence electrons. The van der Waals surface area contributed by atoms with Crippen LogP contribution in [0.1, 0.15) is 31.7 Å². The minimum atomic E-state index is -0.320. The summed E-state index contributed by atoms with van der Waals surface area (Å²) >= 11 is 0. The fraction of sp³-hybridized carbons (Fsp3) is 0.500. The summed E-state index contributed by atoms with van der Waals surface area (Å²) in [6.45, 7) is 2.46. The van der Waals surface area contributed by atoms with E-state index < -0.39 is 0 Å². The van der Waals surface area contributed by atoms with E-state index in [0.29, 0.717) is 25.8 Å². The number of aliphatic hydroxyl groups excluding tert-OH is 1. The van der Waals surface area contributed by atoms with Crippen molar-refractivity contribution in [3.8, 4) is 0 Å². The number of benzene rings is 1. The van der Waals surface area contributed by atoms with Gasteiger partial charge in [-0.15, -0.1) is 0 Å². The lowest BCUT2D eigenvalue weighted by Gasteiger charge is -2.09. The van der Waals surface area contributed by atoms with E-state index in [4.69, 9.17) is 5.73 Å². The van der Waals surface area contributed by atoms with Gasteiger partial charge in [-0.2, -0.15) is 0 Å². The quantitative estimate of drug-likeness (QED) is 0.642. The van der Waals surface area contributed by atoms with Gasteiger partial charge in [-0.25, -0.2) is 0 Å². The van der Waals surface area contributed by atoms with Gasteiger partial charge in [0.15, 0.2) is 0 Å². The summed E-state index contributed by atoms with van der Waals surface area (Å²) in [5.74, 6) is 0.0146. The lowest BCUT2D eigenvalue weighted by atomic mass is 10.1. The number of hydrogen-bond donors (Lipinski definition) is 3. The zero-order valence-electron chi connectivity index (χ0n) is 10.9. The maximum absolute atomic E-state index is 11.5. The Balaban J connectivity index is 2.21. The molecule has 0 spiro atoms. The molecule has 1 rings (SSSR count). The Kier molecular flexibility index (Phi) is 6.22. The van der Waals surface area contributed by atoms with Crippen molar-refractivity contribution in [3.05, 3.63) is 29.8 Å². The average Bonchev–Trinajstić information content (AvgIpc) is 2.36. The van der Waals surface area contributed by atoms with Crippen molar-refractivity contribution in [2.24, 2.45) is 0 Å². The number of rotatable bonds is 7. The third kappa shape index (κ3) is 5.68. The van der Waals surface area contributed by atoms with E-state index in [1.807, 2.05) is 31.2 Å². The van der Waals surface area contributed by atoms with Gasteiger partial charge in [0.05, 0.1) is 6.10 Å². The van der Waals surface area contributed by atoms with Crippen LogP contribution in [0, 0.1) is 0 Å². The van der Waals surface area contributed by atoms with E-state index in [9.17, 15) is 9.90 Å². The van der Waals surface area contributed by atoms with Gasteiger partial charge in [0.25, 0.3) is 0 Å². The van der Waals surface area contributed by atoms with Crippen molar-refractivity contribution in [3.63, 3.8) is 0 Å². The van der Waals surface area contributed by atoms with Gasteiger partial charge in [0, 0.05) is 18.7 Å². The molecule has 0 heterocycles. The lowest BCUT2D eigenvalue weighted by Crippen LogP contribution is -2.27. The monoisotopic (exact) mass is 250 g/mol. The Morgan fingerprint density at radius 2 is 2.28 bits per heavy atom. The third-order valence-electron chi connectivity index (χ3n) is 2.86. The van der Waals surface area contributed by atoms with Gasteiger partial charge in [-0.05, 0) is 37.0 Å². The Morgan fingerprint density at radius 1 is 1.50 bits per heavy atom. The topological polar surface area (TPSA) is 75.3 Å². The van der Waals surface area contributed by atoms with Crippen LogP contribution in [0.2, 0.25) is 0 Å². The molecule has 1 aromatic carbocycles. The number of nitrogens with one attached hydrogen (secondary N) is 1. The summed E-state index contributed by atoms with van der Waals surface area (Å²) in [4.78, 5) is 11.5. The molecular weight excluding hydrogens is 228 g/mol. The first-order valence-electron chi connectivity index (χ1n) is 6.41. The molecule has 18 heavy (non-hydrogen) atoms. The molecule has 1 unspecified atom stereocenters. The summed E-state index contributed by atoms with van der Waals surface area (Å²) in [7, 11) is 0. The standard InChI is InChI=1S/C14H22N2O2/c1-2-13(17)8-9-16-14(18)7-6-11-4-3-5-12(15)10-11/h3-5,10,13,17H,2,6-9,15H2,1H3,(H,16,18). The van der Waals surface area contributed by atoms with E-state index >= 15 is 0 Å². The SMILES string of the molecule is CCC(O)CCNC(=O)CCc1cccc(N)c1. The van der Waals surface area contributed by atoms with Gasteiger partial charge < -0.3 is 16.2 Å². The lowest BCUT2D eigenvalue weighted by molar-refractivity contribution is -0.121. The van der Waals surface area contributed by atoms with Crippen molar-refractivity contribution in [2.75, 3.05) is 12.3 Å². The molecule has 1 atom stereocenters. The zero-order valence-corrected chi connectivity index (χ0v) is 10.9. The minimum absolute atomic E-state index is 0.0146. The van der Waals surface area contributed by atoms with Crippen LogP contribution in [0.3, 0.4) is 0 Å². The molecular formula is C14H22N2O2. The normalized spacial score (nSPS) is 12.1. The number of aryl methyl sites for hydroxylation is 1. The molecule has 0 aliphatic heterocycles. The number of nitrogens with two attached hydrogens (primary N) is 1. The Bertz CT molecular complexity index is 380. The second-order valence-corrected chi connectivity index (χ2v) is 4.45. The smallest absolute Gasteiger partial charge is 0.220 e. The van der Waals surface area contributed by atoms with Crippen molar-refractivity contribution >= 4 is 11.6 Å². The van der Waals surface area contributed by atoms with Crippen molar-refractivity contribution < 1.29 is 9.90 Å². The molecule has 4 nitrogen and oxygen atoms in total. The molecule has 0 saturated carbocycles. The molecule has 1 amide bonds. The van der Waals surface area contributed by atoms with Gasteiger partial charge in [-0.1, -0.05) is 19.1 Å². The van der Waals surface area contributed by atoms with Gasteiger partial charge in [0.2, 0.25) is 5.91 Å². The summed E-state index contributed by atoms with van der Waals surface area (Å²) < 4.78 is 0. The predicted molar refractivity (Wildman–Crippen MR) is 73.1 cm³/mol. The van der Waals surface area contributed by atoms with Gasteiger partial charge in [-0.3, -0.25) is 4.79 Å². The largest absolute Gasteiger partial charge is 0.399 e. The van der Waals surface area contributed by atoms with Crippen molar-refractivity contribution in [1.82, 2.24) is 5.32 Å². The minimum Gasteiger partial charge on any atom is -0.399 e. The number of anilines is 1. The summed E-state index contributed by atoms with van der Waals surface area (Å²) in [6.07, 6.45) is 2.15. The molecule has 0 radical (unpaired) electrons. The first-order valence-corrected chi connectivity index (χ1v) is 6.41. The molecule has 4 heteroatoms. The number of carbonyl (C=O) groups excluding carboxylic acids is 1. The van der Waals surface area contributed by atoms with E-state index in [0.717, 1.165) is 17.7 Å². The van der Waals surface area contributed by atoms with Gasteiger partial charge in [0.1, 0.15) is 0 Å². The maximum atomic E-state index is 11.5. The van der Waals surface area contributed by atoms with E-state index in [2.05, 4.69) is 5.32 Å². The number of aliphatic hydroxyl groups is 1. The van der Waals surface area contributed by atoms with Crippen LogP contribution >= 0.6 is 0 Å². The van der Waals surface area contributed by atoms with Crippen molar-refractivity contribution in [2.45, 2.75) is 38.7 Å². The highest BCUT2D eigenvalue weighted by Gasteiger charge is 2.04. The molecule has 0 bridgehead atoms. The van der Waals surface area contributed by atoms with Crippen LogP contribution < -0.4 is 11.1 Å². The summed E-state index contributed by atoms with van der Waals surface area (Å²) in [5, 5.41) is 12.1.